The first-order chi connectivity index (χ1) is 5.20. The fourth-order valence-electron chi connectivity index (χ4n) is 1.04. The van der Waals surface area contributed by atoms with Crippen LogP contribution in [0, 0.1) is 5.92 Å². The van der Waals surface area contributed by atoms with Gasteiger partial charge in [-0.05, 0) is 29.4 Å². The van der Waals surface area contributed by atoms with Gasteiger partial charge in [-0.1, -0.05) is 13.8 Å². The molecular weight excluding hydrogens is 156 g/mol. The summed E-state index contributed by atoms with van der Waals surface area (Å²) in [7, 11) is 0. The molecule has 0 aliphatic carbocycles. The Morgan fingerprint density at radius 1 is 1.64 bits per heavy atom. The van der Waals surface area contributed by atoms with Crippen molar-refractivity contribution < 1.29 is 0 Å². The summed E-state index contributed by atoms with van der Waals surface area (Å²) in [6.45, 7) is 4.36. The third kappa shape index (κ3) is 2.60. The van der Waals surface area contributed by atoms with Gasteiger partial charge in [0.05, 0.1) is 0 Å². The fraction of sp³-hybridized carbons (Fsp3) is 0.625. The van der Waals surface area contributed by atoms with Crippen molar-refractivity contribution >= 4 is 11.5 Å². The van der Waals surface area contributed by atoms with Crippen LogP contribution in [0.4, 0.5) is 0 Å². The van der Waals surface area contributed by atoms with Crippen LogP contribution >= 0.6 is 11.5 Å². The summed E-state index contributed by atoms with van der Waals surface area (Å²) < 4.78 is 4.01. The van der Waals surface area contributed by atoms with E-state index in [2.05, 4.69) is 18.2 Å². The standard InChI is InChI=1S/C8H14N2S/c1-6(2)3-8(9)7-4-10-11-5-7/h4-6,8H,3,9H2,1-2H3. The van der Waals surface area contributed by atoms with Crippen molar-refractivity contribution in [2.45, 2.75) is 26.3 Å². The molecule has 2 N–H and O–H groups in total. The highest BCUT2D eigenvalue weighted by molar-refractivity contribution is 7.03. The Hall–Kier alpha value is -0.410. The average molecular weight is 170 g/mol. The zero-order chi connectivity index (χ0) is 8.27. The number of nitrogens with two attached hydrogens (primary N) is 1. The van der Waals surface area contributed by atoms with E-state index in [0.717, 1.165) is 6.42 Å². The van der Waals surface area contributed by atoms with Crippen LogP contribution in [0.2, 0.25) is 0 Å². The van der Waals surface area contributed by atoms with Crippen molar-refractivity contribution in [2.75, 3.05) is 0 Å². The first kappa shape index (κ1) is 8.68. The van der Waals surface area contributed by atoms with Crippen molar-refractivity contribution in [3.05, 3.63) is 17.1 Å². The molecule has 1 aromatic rings. The monoisotopic (exact) mass is 170 g/mol. The summed E-state index contributed by atoms with van der Waals surface area (Å²) in [6.07, 6.45) is 2.90. The maximum Gasteiger partial charge on any atom is 0.0454 e. The highest BCUT2D eigenvalue weighted by Gasteiger charge is 2.08. The first-order valence-corrected chi connectivity index (χ1v) is 4.68. The third-order valence-electron chi connectivity index (χ3n) is 1.60. The van der Waals surface area contributed by atoms with Gasteiger partial charge in [-0.15, -0.1) is 0 Å². The molecule has 0 spiro atoms. The lowest BCUT2D eigenvalue weighted by molar-refractivity contribution is 0.510. The van der Waals surface area contributed by atoms with Gasteiger partial charge in [0.25, 0.3) is 0 Å². The average Bonchev–Trinajstić information content (AvgIpc) is 2.35. The van der Waals surface area contributed by atoms with Crippen LogP contribution in [0.3, 0.4) is 0 Å². The second-order valence-electron chi connectivity index (χ2n) is 3.19. The Balaban J connectivity index is 2.49. The van der Waals surface area contributed by atoms with E-state index in [9.17, 15) is 0 Å². The molecule has 2 nitrogen and oxygen atoms in total. The van der Waals surface area contributed by atoms with E-state index in [1.54, 1.807) is 0 Å². The number of hydrogen-bond acceptors (Lipinski definition) is 3. The highest BCUT2D eigenvalue weighted by atomic mass is 32.1. The van der Waals surface area contributed by atoms with Gasteiger partial charge in [-0.25, -0.2) is 4.37 Å². The van der Waals surface area contributed by atoms with Gasteiger partial charge in [0.1, 0.15) is 0 Å². The van der Waals surface area contributed by atoms with Gasteiger partial charge < -0.3 is 5.73 Å². The molecule has 1 rings (SSSR count). The fourth-order valence-corrected chi connectivity index (χ4v) is 1.64. The molecule has 1 atom stereocenters. The van der Waals surface area contributed by atoms with E-state index in [1.165, 1.54) is 17.1 Å². The minimum Gasteiger partial charge on any atom is -0.324 e. The molecule has 0 radical (unpaired) electrons. The third-order valence-corrected chi connectivity index (χ3v) is 2.21. The van der Waals surface area contributed by atoms with E-state index < -0.39 is 0 Å². The molecule has 1 heterocycles. The van der Waals surface area contributed by atoms with Crippen molar-refractivity contribution in [1.82, 2.24) is 4.37 Å². The predicted molar refractivity (Wildman–Crippen MR) is 48.5 cm³/mol. The van der Waals surface area contributed by atoms with Crippen molar-refractivity contribution in [2.24, 2.45) is 11.7 Å². The van der Waals surface area contributed by atoms with Gasteiger partial charge in [0, 0.05) is 17.6 Å². The largest absolute Gasteiger partial charge is 0.324 e. The minimum atomic E-state index is 0.175. The second kappa shape index (κ2) is 3.83. The topological polar surface area (TPSA) is 38.9 Å². The van der Waals surface area contributed by atoms with Crippen LogP contribution in [0.1, 0.15) is 31.9 Å². The molecule has 3 heteroatoms. The summed E-state index contributed by atoms with van der Waals surface area (Å²) in [4.78, 5) is 0. The Morgan fingerprint density at radius 3 is 2.82 bits per heavy atom. The molecule has 62 valence electrons. The van der Waals surface area contributed by atoms with Crippen LogP contribution in [0.15, 0.2) is 11.6 Å². The molecule has 0 fully saturated rings. The Labute approximate surface area is 71.6 Å². The molecule has 0 aliphatic heterocycles. The molecule has 1 aromatic heterocycles. The number of hydrogen-bond donors (Lipinski definition) is 1. The molecule has 11 heavy (non-hydrogen) atoms. The van der Waals surface area contributed by atoms with E-state index >= 15 is 0 Å². The number of rotatable bonds is 3. The molecule has 0 bridgehead atoms. The number of nitrogens with zero attached hydrogens (tertiary/aromatic N) is 1. The van der Waals surface area contributed by atoms with Crippen molar-refractivity contribution in [3.63, 3.8) is 0 Å². The quantitative estimate of drug-likeness (QED) is 0.755. The lowest BCUT2D eigenvalue weighted by atomic mass is 10.0. The summed E-state index contributed by atoms with van der Waals surface area (Å²) >= 11 is 1.47. The maximum absolute atomic E-state index is 5.91. The predicted octanol–water partition coefficient (Wildman–Crippen LogP) is 2.19. The number of aromatic nitrogens is 1. The van der Waals surface area contributed by atoms with Crippen LogP contribution in [0.5, 0.6) is 0 Å². The van der Waals surface area contributed by atoms with Crippen LogP contribution in [-0.2, 0) is 0 Å². The van der Waals surface area contributed by atoms with E-state index in [4.69, 9.17) is 5.73 Å². The van der Waals surface area contributed by atoms with Gasteiger partial charge in [0.2, 0.25) is 0 Å². The van der Waals surface area contributed by atoms with E-state index in [1.807, 2.05) is 11.6 Å². The lowest BCUT2D eigenvalue weighted by Gasteiger charge is -2.11. The smallest absolute Gasteiger partial charge is 0.0454 e. The Kier molecular flexibility index (Phi) is 3.02. The Morgan fingerprint density at radius 2 is 2.36 bits per heavy atom. The van der Waals surface area contributed by atoms with E-state index in [0.29, 0.717) is 5.92 Å². The van der Waals surface area contributed by atoms with Crippen LogP contribution < -0.4 is 5.73 Å². The molecule has 1 unspecified atom stereocenters. The van der Waals surface area contributed by atoms with E-state index in [-0.39, 0.29) is 6.04 Å². The molecular formula is C8H14N2S. The van der Waals surface area contributed by atoms with Crippen LogP contribution in [-0.4, -0.2) is 4.37 Å². The van der Waals surface area contributed by atoms with Gasteiger partial charge >= 0.3 is 0 Å². The normalized spacial score (nSPS) is 13.8. The van der Waals surface area contributed by atoms with Gasteiger partial charge in [-0.3, -0.25) is 0 Å². The summed E-state index contributed by atoms with van der Waals surface area (Å²) in [5.41, 5.74) is 7.08. The van der Waals surface area contributed by atoms with Crippen molar-refractivity contribution in [1.29, 1.82) is 0 Å². The molecule has 0 aromatic carbocycles. The SMILES string of the molecule is CC(C)CC(N)c1cnsc1. The summed E-state index contributed by atoms with van der Waals surface area (Å²) in [6, 6.07) is 0.175. The molecule has 0 saturated carbocycles. The lowest BCUT2D eigenvalue weighted by Crippen LogP contribution is -2.11. The summed E-state index contributed by atoms with van der Waals surface area (Å²) in [5, 5.41) is 2.02. The van der Waals surface area contributed by atoms with Crippen LogP contribution in [0.25, 0.3) is 0 Å². The van der Waals surface area contributed by atoms with Gasteiger partial charge in [0.15, 0.2) is 0 Å². The zero-order valence-corrected chi connectivity index (χ0v) is 7.77. The molecule has 0 saturated heterocycles. The zero-order valence-electron chi connectivity index (χ0n) is 6.95. The second-order valence-corrected chi connectivity index (χ2v) is 3.85. The Bertz CT molecular complexity index is 194. The molecule has 0 amide bonds. The van der Waals surface area contributed by atoms with Gasteiger partial charge in [-0.2, -0.15) is 0 Å². The minimum absolute atomic E-state index is 0.175. The summed E-state index contributed by atoms with van der Waals surface area (Å²) in [5.74, 6) is 0.657. The highest BCUT2D eigenvalue weighted by Crippen LogP contribution is 2.18. The molecule has 0 aliphatic rings. The first-order valence-electron chi connectivity index (χ1n) is 3.85. The van der Waals surface area contributed by atoms with Crippen molar-refractivity contribution in [3.8, 4) is 0 Å². The maximum atomic E-state index is 5.91.